The van der Waals surface area contributed by atoms with Crippen molar-refractivity contribution in [3.05, 3.63) is 47.5 Å². The average molecular weight is 266 g/mol. The third kappa shape index (κ3) is 2.47. The fourth-order valence-electron chi connectivity index (χ4n) is 3.66. The molecular formula is C19H24N. The minimum Gasteiger partial charge on any atom is -0.300 e. The molecular weight excluding hydrogens is 242 g/mol. The summed E-state index contributed by atoms with van der Waals surface area (Å²) in [5.74, 6) is 0. The van der Waals surface area contributed by atoms with Crippen LogP contribution in [0.2, 0.25) is 0 Å². The monoisotopic (exact) mass is 266 g/mol. The van der Waals surface area contributed by atoms with Crippen molar-refractivity contribution in [3.8, 4) is 0 Å². The van der Waals surface area contributed by atoms with Crippen molar-refractivity contribution in [2.24, 2.45) is 0 Å². The zero-order valence-electron chi connectivity index (χ0n) is 12.7. The van der Waals surface area contributed by atoms with E-state index in [1.807, 2.05) is 0 Å². The van der Waals surface area contributed by atoms with Crippen molar-refractivity contribution in [1.82, 2.24) is 4.90 Å². The molecule has 1 aliphatic rings. The van der Waals surface area contributed by atoms with Crippen LogP contribution in [0.4, 0.5) is 0 Å². The molecule has 0 spiro atoms. The van der Waals surface area contributed by atoms with Gasteiger partial charge in [0, 0.05) is 6.04 Å². The lowest BCUT2D eigenvalue weighted by Gasteiger charge is -2.35. The van der Waals surface area contributed by atoms with Gasteiger partial charge in [0.2, 0.25) is 0 Å². The van der Waals surface area contributed by atoms with E-state index in [-0.39, 0.29) is 0 Å². The smallest absolute Gasteiger partial charge is 0.0176 e. The molecule has 0 bridgehead atoms. The number of rotatable bonds is 5. The molecule has 20 heavy (non-hydrogen) atoms. The molecule has 1 nitrogen and oxygen atoms in total. The van der Waals surface area contributed by atoms with Gasteiger partial charge in [-0.25, -0.2) is 0 Å². The van der Waals surface area contributed by atoms with E-state index in [1.54, 1.807) is 0 Å². The van der Waals surface area contributed by atoms with E-state index in [2.05, 4.69) is 55.1 Å². The summed E-state index contributed by atoms with van der Waals surface area (Å²) < 4.78 is 0. The summed E-state index contributed by atoms with van der Waals surface area (Å²) in [7, 11) is 0. The van der Waals surface area contributed by atoms with Crippen LogP contribution >= 0.6 is 0 Å². The molecule has 2 aromatic carbocycles. The number of nitrogens with zero attached hydrogens (tertiary/aromatic N) is 1. The van der Waals surface area contributed by atoms with Crippen molar-refractivity contribution in [1.29, 1.82) is 0 Å². The molecule has 1 unspecified atom stereocenters. The van der Waals surface area contributed by atoms with Gasteiger partial charge in [-0.2, -0.15) is 0 Å². The molecule has 0 aromatic heterocycles. The first-order valence-electron chi connectivity index (χ1n) is 7.98. The highest BCUT2D eigenvalue weighted by molar-refractivity contribution is 5.89. The molecule has 1 atom stereocenters. The highest BCUT2D eigenvalue weighted by Crippen LogP contribution is 2.31. The predicted octanol–water partition coefficient (Wildman–Crippen LogP) is 4.23. The van der Waals surface area contributed by atoms with Crippen LogP contribution < -0.4 is 0 Å². The maximum atomic E-state index is 3.32. The first-order valence-corrected chi connectivity index (χ1v) is 7.98. The van der Waals surface area contributed by atoms with Gasteiger partial charge in [-0.05, 0) is 72.8 Å². The number of benzene rings is 2. The second kappa shape index (κ2) is 5.97. The minimum absolute atomic E-state index is 0.670. The van der Waals surface area contributed by atoms with Gasteiger partial charge >= 0.3 is 0 Å². The summed E-state index contributed by atoms with van der Waals surface area (Å²) in [6.07, 6.45) is 4.88. The molecule has 105 valence electrons. The highest BCUT2D eigenvalue weighted by atomic mass is 15.1. The molecule has 0 aliphatic heterocycles. The Morgan fingerprint density at radius 1 is 1.05 bits per heavy atom. The van der Waals surface area contributed by atoms with Gasteiger partial charge in [0.25, 0.3) is 0 Å². The van der Waals surface area contributed by atoms with Gasteiger partial charge in [0.15, 0.2) is 0 Å². The lowest BCUT2D eigenvalue weighted by Crippen LogP contribution is -2.41. The van der Waals surface area contributed by atoms with E-state index in [0.717, 1.165) is 0 Å². The minimum atomic E-state index is 0.670. The highest BCUT2D eigenvalue weighted by Gasteiger charge is 2.24. The van der Waals surface area contributed by atoms with Gasteiger partial charge in [-0.1, -0.05) is 38.1 Å². The normalized spacial score (nSPS) is 15.2. The molecule has 3 rings (SSSR count). The molecule has 0 amide bonds. The largest absolute Gasteiger partial charge is 0.300 e. The Morgan fingerprint density at radius 3 is 2.55 bits per heavy atom. The van der Waals surface area contributed by atoms with Crippen molar-refractivity contribution < 1.29 is 0 Å². The lowest BCUT2D eigenvalue weighted by molar-refractivity contribution is 0.192. The quantitative estimate of drug-likeness (QED) is 0.783. The van der Waals surface area contributed by atoms with Crippen molar-refractivity contribution in [2.75, 3.05) is 13.1 Å². The molecule has 1 radical (unpaired) electrons. The van der Waals surface area contributed by atoms with Crippen LogP contribution in [-0.4, -0.2) is 24.0 Å². The van der Waals surface area contributed by atoms with Crippen molar-refractivity contribution in [3.63, 3.8) is 0 Å². The van der Waals surface area contributed by atoms with Crippen LogP contribution in [0, 0.1) is 6.07 Å². The van der Waals surface area contributed by atoms with E-state index in [4.69, 9.17) is 0 Å². The zero-order valence-corrected chi connectivity index (χ0v) is 12.7. The molecule has 0 N–H and O–H groups in total. The van der Waals surface area contributed by atoms with Crippen LogP contribution in [-0.2, 0) is 12.8 Å². The Morgan fingerprint density at radius 2 is 1.80 bits per heavy atom. The first-order chi connectivity index (χ1) is 9.83. The van der Waals surface area contributed by atoms with Gasteiger partial charge in [0.05, 0.1) is 0 Å². The van der Waals surface area contributed by atoms with E-state index < -0.39 is 0 Å². The third-order valence-electron chi connectivity index (χ3n) is 4.45. The van der Waals surface area contributed by atoms with Crippen LogP contribution in [0.3, 0.4) is 0 Å². The maximum Gasteiger partial charge on any atom is 0.0176 e. The van der Waals surface area contributed by atoms with E-state index in [1.165, 1.54) is 60.7 Å². The Hall–Kier alpha value is -1.34. The van der Waals surface area contributed by atoms with Crippen LogP contribution in [0.15, 0.2) is 30.3 Å². The van der Waals surface area contributed by atoms with E-state index in [9.17, 15) is 0 Å². The Labute approximate surface area is 122 Å². The number of hydrogen-bond donors (Lipinski definition) is 0. The molecule has 0 heterocycles. The van der Waals surface area contributed by atoms with Crippen LogP contribution in [0.5, 0.6) is 0 Å². The fraction of sp³-hybridized carbons (Fsp3) is 0.474. The van der Waals surface area contributed by atoms with Gasteiger partial charge in [-0.15, -0.1) is 0 Å². The van der Waals surface area contributed by atoms with E-state index >= 15 is 0 Å². The molecule has 2 aromatic rings. The molecule has 1 heteroatoms. The molecule has 0 saturated heterocycles. The van der Waals surface area contributed by atoms with Crippen molar-refractivity contribution >= 4 is 10.8 Å². The third-order valence-corrected chi connectivity index (χ3v) is 4.45. The van der Waals surface area contributed by atoms with Gasteiger partial charge in [-0.3, -0.25) is 4.90 Å². The summed E-state index contributed by atoms with van der Waals surface area (Å²) in [5, 5.41) is 2.85. The molecule has 0 fully saturated rings. The second-order valence-corrected chi connectivity index (χ2v) is 5.96. The van der Waals surface area contributed by atoms with E-state index in [0.29, 0.717) is 6.04 Å². The average Bonchev–Trinajstić information content (AvgIpc) is 2.47. The lowest BCUT2D eigenvalue weighted by atomic mass is 9.85. The summed E-state index contributed by atoms with van der Waals surface area (Å²) >= 11 is 0. The first kappa shape index (κ1) is 13.6. The zero-order chi connectivity index (χ0) is 13.9. The van der Waals surface area contributed by atoms with Gasteiger partial charge in [0.1, 0.15) is 0 Å². The predicted molar refractivity (Wildman–Crippen MR) is 86.1 cm³/mol. The Balaban J connectivity index is 1.94. The van der Waals surface area contributed by atoms with Crippen LogP contribution in [0.1, 0.15) is 37.8 Å². The Bertz CT molecular complexity index is 541. The topological polar surface area (TPSA) is 3.24 Å². The van der Waals surface area contributed by atoms with Gasteiger partial charge < -0.3 is 0 Å². The summed E-state index contributed by atoms with van der Waals surface area (Å²) in [4.78, 5) is 2.69. The Kier molecular flexibility index (Phi) is 4.07. The summed E-state index contributed by atoms with van der Waals surface area (Å²) in [5.41, 5.74) is 3.02. The second-order valence-electron chi connectivity index (χ2n) is 5.96. The number of hydrogen-bond acceptors (Lipinski definition) is 1. The molecule has 1 aliphatic carbocycles. The fourth-order valence-corrected chi connectivity index (χ4v) is 3.66. The summed E-state index contributed by atoms with van der Waals surface area (Å²) in [6, 6.07) is 15.0. The molecule has 0 saturated carbocycles. The standard InChI is InChI=1S/C19H24N/c1-3-11-20(12-4-2)18-13-16-9-5-7-15-8-6-10-17(14-18)19(15)16/h5,7-10,18H,3-4,11-14H2,1-2H3. The maximum absolute atomic E-state index is 3.32. The SMILES string of the molecule is CCCN(CCC)C1Cc2c[c]cc3cccc(c23)C1. The van der Waals surface area contributed by atoms with Crippen LogP contribution in [0.25, 0.3) is 10.8 Å². The summed E-state index contributed by atoms with van der Waals surface area (Å²) in [6.45, 7) is 7.02. The van der Waals surface area contributed by atoms with Crippen molar-refractivity contribution in [2.45, 2.75) is 45.6 Å².